The molecule has 3 aromatic rings. The third-order valence-corrected chi connectivity index (χ3v) is 7.94. The van der Waals surface area contributed by atoms with Gasteiger partial charge in [-0.1, -0.05) is 62.9 Å². The second-order valence-corrected chi connectivity index (χ2v) is 11.2. The average Bonchev–Trinajstić information content (AvgIpc) is 2.87. The maximum Gasteiger partial charge on any atom is 0.168 e. The molecule has 0 amide bonds. The number of hydrogen-bond donors (Lipinski definition) is 2. The van der Waals surface area contributed by atoms with Crippen LogP contribution in [-0.4, -0.2) is 45.2 Å². The van der Waals surface area contributed by atoms with E-state index >= 15 is 0 Å². The lowest BCUT2D eigenvalue weighted by Gasteiger charge is -2.55. The number of hydrogen-bond acceptors (Lipinski definition) is 5. The lowest BCUT2D eigenvalue weighted by atomic mass is 9.62. The van der Waals surface area contributed by atoms with Gasteiger partial charge in [0.2, 0.25) is 0 Å². The molecule has 1 aliphatic carbocycles. The number of aromatic nitrogens is 2. The highest BCUT2D eigenvalue weighted by atomic mass is 16.3. The second-order valence-electron chi connectivity index (χ2n) is 11.2. The fraction of sp³-hybridized carbons (Fsp3) is 0.419. The van der Waals surface area contributed by atoms with E-state index in [9.17, 15) is 10.2 Å². The molecule has 1 aliphatic heterocycles. The van der Waals surface area contributed by atoms with Crippen molar-refractivity contribution >= 4 is 0 Å². The summed E-state index contributed by atoms with van der Waals surface area (Å²) in [4.78, 5) is 11.1. The van der Waals surface area contributed by atoms with Crippen LogP contribution in [0.1, 0.15) is 73.0 Å². The lowest BCUT2D eigenvalue weighted by molar-refractivity contribution is -0.127. The van der Waals surface area contributed by atoms with Crippen LogP contribution < -0.4 is 0 Å². The summed E-state index contributed by atoms with van der Waals surface area (Å²) in [5.41, 5.74) is 2.30. The third kappa shape index (κ3) is 4.14. The second kappa shape index (κ2) is 9.12. The van der Waals surface area contributed by atoms with Gasteiger partial charge in [0.05, 0.1) is 5.69 Å². The number of rotatable bonds is 4. The van der Waals surface area contributed by atoms with Crippen molar-refractivity contribution in [2.24, 2.45) is 5.41 Å². The molecule has 0 radical (unpaired) electrons. The Morgan fingerprint density at radius 3 is 2.53 bits per heavy atom. The van der Waals surface area contributed by atoms with Crippen molar-refractivity contribution < 1.29 is 10.2 Å². The first-order valence-corrected chi connectivity index (χ1v) is 12.8. The Bertz CT molecular complexity index is 1320. The van der Waals surface area contributed by atoms with Crippen LogP contribution in [-0.2, 0) is 17.6 Å². The fourth-order valence-corrected chi connectivity index (χ4v) is 6.02. The molecule has 2 unspecified atom stereocenters. The van der Waals surface area contributed by atoms with Gasteiger partial charge in [-0.3, -0.25) is 9.97 Å². The Hall–Kier alpha value is -3.04. The summed E-state index contributed by atoms with van der Waals surface area (Å²) < 4.78 is 0. The predicted octanol–water partition coefficient (Wildman–Crippen LogP) is 4.36. The molecule has 1 aromatic carbocycles. The van der Waals surface area contributed by atoms with Crippen molar-refractivity contribution in [1.82, 2.24) is 14.9 Å². The number of aryl methyl sites for hydroxylation is 1. The Labute approximate surface area is 214 Å². The van der Waals surface area contributed by atoms with Crippen molar-refractivity contribution in [2.75, 3.05) is 20.1 Å². The van der Waals surface area contributed by atoms with Crippen LogP contribution >= 0.6 is 0 Å². The molecule has 2 aliphatic rings. The van der Waals surface area contributed by atoms with E-state index < -0.39 is 11.2 Å². The van der Waals surface area contributed by atoms with Crippen molar-refractivity contribution in [3.05, 3.63) is 94.6 Å². The van der Waals surface area contributed by atoms with Crippen LogP contribution in [0.25, 0.3) is 0 Å². The van der Waals surface area contributed by atoms with Gasteiger partial charge in [-0.05, 0) is 61.1 Å². The maximum absolute atomic E-state index is 12.4. The minimum Gasteiger partial charge on any atom is -0.380 e. The van der Waals surface area contributed by atoms with Crippen LogP contribution in [0.2, 0.25) is 0 Å². The van der Waals surface area contributed by atoms with Gasteiger partial charge in [-0.15, -0.1) is 0 Å². The van der Waals surface area contributed by atoms with Gasteiger partial charge in [0.1, 0.15) is 5.60 Å². The quantitative estimate of drug-likeness (QED) is 0.542. The van der Waals surface area contributed by atoms with E-state index in [4.69, 9.17) is 0 Å². The zero-order chi connectivity index (χ0) is 25.6. The highest BCUT2D eigenvalue weighted by Crippen LogP contribution is 2.50. The van der Waals surface area contributed by atoms with E-state index in [2.05, 4.69) is 66.7 Å². The molecule has 1 saturated heterocycles. The lowest BCUT2D eigenvalue weighted by Crippen LogP contribution is -2.63. The van der Waals surface area contributed by atoms with E-state index in [0.717, 1.165) is 42.6 Å². The van der Waals surface area contributed by atoms with Crippen LogP contribution in [0.4, 0.5) is 0 Å². The van der Waals surface area contributed by atoms with Crippen LogP contribution in [0.5, 0.6) is 0 Å². The van der Waals surface area contributed by atoms with Crippen molar-refractivity contribution in [3.63, 3.8) is 0 Å². The largest absolute Gasteiger partial charge is 0.380 e. The highest BCUT2D eigenvalue weighted by Gasteiger charge is 2.55. The molecular formula is C31H35N3O2. The van der Waals surface area contributed by atoms with Crippen molar-refractivity contribution in [1.29, 1.82) is 0 Å². The molecule has 1 fully saturated rings. The Morgan fingerprint density at radius 1 is 1.08 bits per heavy atom. The monoisotopic (exact) mass is 481 g/mol. The fourth-order valence-electron chi connectivity index (χ4n) is 6.02. The average molecular weight is 482 g/mol. The standard InChI is InChI=1S/C31H35N3O2/c1-22(2)24-9-11-26(12-10-24)31(36,29(3)20-34(4)21-29)27-17-23(18-32-19-27)13-15-30(35)14-5-7-25-8-6-16-33-28(25)30/h6,8-12,16-19,22,35-36H,5,7,14,20-21H2,1-4H3. The summed E-state index contributed by atoms with van der Waals surface area (Å²) in [5, 5.41) is 23.8. The zero-order valence-corrected chi connectivity index (χ0v) is 21.6. The minimum atomic E-state index is -1.28. The first-order valence-electron chi connectivity index (χ1n) is 12.8. The van der Waals surface area contributed by atoms with Gasteiger partial charge in [0.15, 0.2) is 5.60 Å². The molecule has 2 atom stereocenters. The van der Waals surface area contributed by atoms with Crippen LogP contribution in [0.3, 0.4) is 0 Å². The number of benzene rings is 1. The van der Waals surface area contributed by atoms with E-state index in [0.29, 0.717) is 23.6 Å². The Kier molecular flexibility index (Phi) is 6.24. The molecule has 5 rings (SSSR count). The zero-order valence-electron chi connectivity index (χ0n) is 21.6. The summed E-state index contributed by atoms with van der Waals surface area (Å²) in [6, 6.07) is 14.1. The first kappa shape index (κ1) is 24.6. The Morgan fingerprint density at radius 2 is 1.83 bits per heavy atom. The van der Waals surface area contributed by atoms with E-state index in [1.165, 1.54) is 5.56 Å². The van der Waals surface area contributed by atoms with Crippen LogP contribution in [0, 0.1) is 17.3 Å². The smallest absolute Gasteiger partial charge is 0.168 e. The number of nitrogens with zero attached hydrogens (tertiary/aromatic N) is 3. The first-order chi connectivity index (χ1) is 17.1. The molecule has 5 nitrogen and oxygen atoms in total. The summed E-state index contributed by atoms with van der Waals surface area (Å²) in [6.07, 6.45) is 7.46. The highest BCUT2D eigenvalue weighted by molar-refractivity contribution is 5.46. The van der Waals surface area contributed by atoms with E-state index in [-0.39, 0.29) is 5.41 Å². The van der Waals surface area contributed by atoms with Gasteiger partial charge < -0.3 is 15.1 Å². The number of aliphatic hydroxyl groups is 2. The SMILES string of the molecule is CC(C)c1ccc(C(O)(c2cncc(C#CC3(O)CCCc4cccnc43)c2)C2(C)CN(C)C2)cc1. The molecule has 5 heteroatoms. The molecule has 0 saturated carbocycles. The maximum atomic E-state index is 12.4. The molecule has 2 N–H and O–H groups in total. The number of fused-ring (bicyclic) bond motifs is 1. The van der Waals surface area contributed by atoms with Gasteiger partial charge in [0.25, 0.3) is 0 Å². The van der Waals surface area contributed by atoms with E-state index in [1.807, 2.05) is 30.3 Å². The van der Waals surface area contributed by atoms with Crippen LogP contribution in [0.15, 0.2) is 61.1 Å². The number of pyridine rings is 2. The summed E-state index contributed by atoms with van der Waals surface area (Å²) in [7, 11) is 2.07. The molecular weight excluding hydrogens is 446 g/mol. The minimum absolute atomic E-state index is 0.376. The summed E-state index contributed by atoms with van der Waals surface area (Å²) in [5.74, 6) is 6.67. The summed E-state index contributed by atoms with van der Waals surface area (Å²) in [6.45, 7) is 8.02. The molecule has 3 heterocycles. The topological polar surface area (TPSA) is 69.5 Å². The van der Waals surface area contributed by atoms with Gasteiger partial charge in [-0.2, -0.15) is 0 Å². The van der Waals surface area contributed by atoms with Crippen molar-refractivity contribution in [2.45, 2.75) is 57.2 Å². The molecule has 36 heavy (non-hydrogen) atoms. The molecule has 186 valence electrons. The molecule has 0 spiro atoms. The van der Waals surface area contributed by atoms with Gasteiger partial charge in [0, 0.05) is 48.2 Å². The predicted molar refractivity (Wildman–Crippen MR) is 141 cm³/mol. The molecule has 2 aromatic heterocycles. The molecule has 0 bridgehead atoms. The van der Waals surface area contributed by atoms with E-state index in [1.54, 1.807) is 18.6 Å². The summed E-state index contributed by atoms with van der Waals surface area (Å²) >= 11 is 0. The van der Waals surface area contributed by atoms with Gasteiger partial charge >= 0.3 is 0 Å². The van der Waals surface area contributed by atoms with Gasteiger partial charge in [-0.25, -0.2) is 0 Å². The third-order valence-electron chi connectivity index (χ3n) is 7.94. The van der Waals surface area contributed by atoms with Crippen molar-refractivity contribution in [3.8, 4) is 11.8 Å². The normalized spacial score (nSPS) is 22.6. The number of likely N-dealkylation sites (tertiary alicyclic amines) is 1. The Balaban J connectivity index is 1.55.